The van der Waals surface area contributed by atoms with E-state index in [9.17, 15) is 13.6 Å². The van der Waals surface area contributed by atoms with Gasteiger partial charge in [0.2, 0.25) is 17.7 Å². The van der Waals surface area contributed by atoms with Gasteiger partial charge in [-0.2, -0.15) is 9.97 Å². The number of halogens is 2. The molecule has 1 saturated carbocycles. The molecule has 11 nitrogen and oxygen atoms in total. The number of nitrogens with one attached hydrogen (secondary N) is 2. The second-order valence-electron chi connectivity index (χ2n) is 11.0. The van der Waals surface area contributed by atoms with E-state index in [1.54, 1.807) is 30.3 Å². The summed E-state index contributed by atoms with van der Waals surface area (Å²) in [5.74, 6) is 0.637. The zero-order valence-electron chi connectivity index (χ0n) is 23.5. The number of aromatic nitrogens is 4. The number of benzene rings is 1. The lowest BCUT2D eigenvalue weighted by molar-refractivity contribution is -0.121. The number of alkyl halides is 2. The van der Waals surface area contributed by atoms with E-state index in [4.69, 9.17) is 19.2 Å². The Morgan fingerprint density at radius 1 is 0.952 bits per heavy atom. The fourth-order valence-electron chi connectivity index (χ4n) is 5.83. The molecule has 1 amide bonds. The lowest BCUT2D eigenvalue weighted by Crippen LogP contribution is -2.46. The smallest absolute Gasteiger partial charge is 0.296 e. The van der Waals surface area contributed by atoms with Crippen LogP contribution in [0.15, 0.2) is 30.3 Å². The van der Waals surface area contributed by atoms with Gasteiger partial charge in [-0.15, -0.1) is 0 Å². The van der Waals surface area contributed by atoms with Crippen LogP contribution in [0, 0.1) is 0 Å². The molecule has 3 aromatic rings. The van der Waals surface area contributed by atoms with Crippen molar-refractivity contribution >= 4 is 22.9 Å². The van der Waals surface area contributed by atoms with Crippen molar-refractivity contribution in [2.45, 2.75) is 63.1 Å². The molecule has 0 bridgehead atoms. The molecule has 1 aliphatic carbocycles. The minimum atomic E-state index is -2.79. The standard InChI is InChI=1S/C29H37F2N7O4/c30-27(31)28-34-22-3-1-2-4-23(22)38(28)24-17-26(36-29(35-24)37-11-15-41-16-12-37)42-21-7-5-20(6-8-21)33-25(39)18-32-19-9-13-40-14-10-19/h1-4,17,19-21,27,32H,5-16,18H2,(H,33,39)/t20-,21-. The summed E-state index contributed by atoms with van der Waals surface area (Å²) < 4.78 is 46.8. The Kier molecular flexibility index (Phi) is 9.06. The highest BCUT2D eigenvalue weighted by molar-refractivity contribution is 5.78. The summed E-state index contributed by atoms with van der Waals surface area (Å²) in [7, 11) is 0. The van der Waals surface area contributed by atoms with Crippen LogP contribution in [0.4, 0.5) is 14.7 Å². The van der Waals surface area contributed by atoms with E-state index in [2.05, 4.69) is 20.6 Å². The summed E-state index contributed by atoms with van der Waals surface area (Å²) in [4.78, 5) is 28.0. The SMILES string of the molecule is O=C(CNC1CCOCC1)N[C@H]1CC[C@H](Oc2cc(-n3c(C(F)F)nc4ccccc43)nc(N3CCOCC3)n2)CC1. The van der Waals surface area contributed by atoms with Crippen molar-refractivity contribution in [1.82, 2.24) is 30.2 Å². The second-order valence-corrected chi connectivity index (χ2v) is 11.0. The first kappa shape index (κ1) is 28.7. The van der Waals surface area contributed by atoms with Crippen LogP contribution in [0.5, 0.6) is 5.88 Å². The zero-order valence-corrected chi connectivity index (χ0v) is 23.5. The van der Waals surface area contributed by atoms with Crippen LogP contribution >= 0.6 is 0 Å². The Labute approximate surface area is 242 Å². The average Bonchev–Trinajstić information content (AvgIpc) is 3.42. The van der Waals surface area contributed by atoms with Crippen LogP contribution in [0.3, 0.4) is 0 Å². The quantitative estimate of drug-likeness (QED) is 0.391. The van der Waals surface area contributed by atoms with Gasteiger partial charge in [0.15, 0.2) is 5.82 Å². The van der Waals surface area contributed by atoms with E-state index in [-0.39, 0.29) is 29.7 Å². The average molecular weight is 586 g/mol. The number of amides is 1. The number of rotatable bonds is 9. The zero-order chi connectivity index (χ0) is 28.9. The van der Waals surface area contributed by atoms with Gasteiger partial charge in [-0.3, -0.25) is 9.36 Å². The Hall–Kier alpha value is -3.42. The second kappa shape index (κ2) is 13.3. The van der Waals surface area contributed by atoms with Crippen molar-refractivity contribution in [2.75, 3.05) is 51.0 Å². The molecular formula is C29H37F2N7O4. The van der Waals surface area contributed by atoms with Crippen molar-refractivity contribution in [3.8, 4) is 11.7 Å². The van der Waals surface area contributed by atoms with Gasteiger partial charge in [0.05, 0.1) is 30.8 Å². The van der Waals surface area contributed by atoms with Gasteiger partial charge in [-0.05, 0) is 50.7 Å². The molecule has 2 aliphatic heterocycles. The van der Waals surface area contributed by atoms with E-state index in [1.807, 2.05) is 4.90 Å². The molecule has 0 atom stereocenters. The third kappa shape index (κ3) is 6.79. The molecule has 0 unspecified atom stereocenters. The van der Waals surface area contributed by atoms with E-state index in [0.717, 1.165) is 51.7 Å². The number of nitrogens with zero attached hydrogens (tertiary/aromatic N) is 5. The van der Waals surface area contributed by atoms with Crippen LogP contribution in [-0.4, -0.2) is 89.7 Å². The van der Waals surface area contributed by atoms with Crippen molar-refractivity contribution in [1.29, 1.82) is 0 Å². The third-order valence-electron chi connectivity index (χ3n) is 8.08. The lowest BCUT2D eigenvalue weighted by Gasteiger charge is -2.30. The van der Waals surface area contributed by atoms with E-state index in [1.165, 1.54) is 4.57 Å². The number of anilines is 1. The van der Waals surface area contributed by atoms with Crippen LogP contribution in [0.1, 0.15) is 50.8 Å². The Morgan fingerprint density at radius 2 is 1.69 bits per heavy atom. The third-order valence-corrected chi connectivity index (χ3v) is 8.08. The summed E-state index contributed by atoms with van der Waals surface area (Å²) in [6.45, 7) is 4.00. The highest BCUT2D eigenvalue weighted by atomic mass is 19.3. The maximum atomic E-state index is 14.1. The van der Waals surface area contributed by atoms with Gasteiger partial charge in [0.25, 0.3) is 6.43 Å². The van der Waals surface area contributed by atoms with Crippen LogP contribution < -0.4 is 20.3 Å². The summed E-state index contributed by atoms with van der Waals surface area (Å²) in [5, 5.41) is 6.47. The monoisotopic (exact) mass is 585 g/mol. The van der Waals surface area contributed by atoms with E-state index >= 15 is 0 Å². The molecule has 42 heavy (non-hydrogen) atoms. The fourth-order valence-corrected chi connectivity index (χ4v) is 5.83. The largest absolute Gasteiger partial charge is 0.474 e. The summed E-state index contributed by atoms with van der Waals surface area (Å²) in [6.07, 6.45) is 1.98. The van der Waals surface area contributed by atoms with Gasteiger partial charge in [-0.25, -0.2) is 13.8 Å². The number of carbonyl (C=O) groups excluding carboxylic acids is 1. The first-order valence-corrected chi connectivity index (χ1v) is 14.8. The summed E-state index contributed by atoms with van der Waals surface area (Å²) >= 11 is 0. The van der Waals surface area contributed by atoms with Crippen molar-refractivity contribution < 1.29 is 27.8 Å². The number of para-hydroxylation sites is 2. The first-order valence-electron chi connectivity index (χ1n) is 14.8. The van der Waals surface area contributed by atoms with Crippen LogP contribution in [0.2, 0.25) is 0 Å². The van der Waals surface area contributed by atoms with Crippen molar-refractivity contribution in [3.05, 3.63) is 36.2 Å². The molecule has 2 aromatic heterocycles. The number of morpholine rings is 1. The summed E-state index contributed by atoms with van der Waals surface area (Å²) in [6, 6.07) is 9.03. The first-order chi connectivity index (χ1) is 20.5. The Bertz CT molecular complexity index is 1350. The molecule has 1 aromatic carbocycles. The number of hydrogen-bond acceptors (Lipinski definition) is 9. The molecule has 3 aliphatic rings. The molecule has 0 spiro atoms. The predicted molar refractivity (Wildman–Crippen MR) is 151 cm³/mol. The number of fused-ring (bicyclic) bond motifs is 1. The Balaban J connectivity index is 1.15. The van der Waals surface area contributed by atoms with Gasteiger partial charge in [0, 0.05) is 44.5 Å². The number of hydrogen-bond donors (Lipinski definition) is 2. The highest BCUT2D eigenvalue weighted by Gasteiger charge is 2.27. The number of imidazole rings is 1. The number of ether oxygens (including phenoxy) is 3. The molecule has 4 heterocycles. The topological polar surface area (TPSA) is 116 Å². The van der Waals surface area contributed by atoms with Crippen molar-refractivity contribution in [3.63, 3.8) is 0 Å². The van der Waals surface area contributed by atoms with Gasteiger partial charge in [0.1, 0.15) is 11.9 Å². The molecule has 2 saturated heterocycles. The highest BCUT2D eigenvalue weighted by Crippen LogP contribution is 2.31. The van der Waals surface area contributed by atoms with Crippen LogP contribution in [0.25, 0.3) is 16.9 Å². The Morgan fingerprint density at radius 3 is 2.45 bits per heavy atom. The van der Waals surface area contributed by atoms with Gasteiger partial charge < -0.3 is 29.7 Å². The van der Waals surface area contributed by atoms with Gasteiger partial charge >= 0.3 is 0 Å². The summed E-state index contributed by atoms with van der Waals surface area (Å²) in [5.41, 5.74) is 0.998. The molecule has 13 heteroatoms. The molecular weight excluding hydrogens is 548 g/mol. The normalized spacial score (nSPS) is 22.0. The van der Waals surface area contributed by atoms with E-state index < -0.39 is 6.43 Å². The fraction of sp³-hybridized carbons (Fsp3) is 0.586. The van der Waals surface area contributed by atoms with Gasteiger partial charge in [-0.1, -0.05) is 12.1 Å². The molecule has 6 rings (SSSR count). The minimum Gasteiger partial charge on any atom is -0.474 e. The number of carbonyl (C=O) groups is 1. The lowest BCUT2D eigenvalue weighted by atomic mass is 9.93. The van der Waals surface area contributed by atoms with E-state index in [0.29, 0.717) is 61.8 Å². The maximum absolute atomic E-state index is 14.1. The minimum absolute atomic E-state index is 0.00356. The van der Waals surface area contributed by atoms with Crippen molar-refractivity contribution in [2.24, 2.45) is 0 Å². The molecule has 2 N–H and O–H groups in total. The maximum Gasteiger partial charge on any atom is 0.296 e. The van der Waals surface area contributed by atoms with Crippen LogP contribution in [-0.2, 0) is 14.3 Å². The molecule has 3 fully saturated rings. The molecule has 226 valence electrons. The predicted octanol–water partition coefficient (Wildman–Crippen LogP) is 3.16. The molecule has 0 radical (unpaired) electrons.